The number of nitrogens with zero attached hydrogens (tertiary/aromatic N) is 2. The van der Waals surface area contributed by atoms with Crippen LogP contribution >= 0.6 is 11.8 Å². The van der Waals surface area contributed by atoms with E-state index in [0.717, 1.165) is 29.8 Å². The first-order valence-electron chi connectivity index (χ1n) is 10.5. The number of hydrogen-bond acceptors (Lipinski definition) is 5. The van der Waals surface area contributed by atoms with Crippen LogP contribution in [0, 0.1) is 0 Å². The van der Waals surface area contributed by atoms with Gasteiger partial charge < -0.3 is 9.64 Å². The number of unbranched alkanes of at least 4 members (excludes halogenated alkanes) is 1. The third-order valence-electron chi connectivity index (χ3n) is 5.35. The maximum Gasteiger partial charge on any atom is 0.252 e. The zero-order valence-electron chi connectivity index (χ0n) is 17.4. The maximum absolute atomic E-state index is 12.7. The first kappa shape index (κ1) is 21.9. The minimum absolute atomic E-state index is 0.0669. The highest BCUT2D eigenvalue weighted by molar-refractivity contribution is 8.16. The molecular formula is C23H26N2O4S2. The van der Waals surface area contributed by atoms with Gasteiger partial charge in [0.2, 0.25) is 0 Å². The van der Waals surface area contributed by atoms with Gasteiger partial charge in [-0.1, -0.05) is 61.5 Å². The van der Waals surface area contributed by atoms with Crippen LogP contribution in [-0.2, 0) is 21.1 Å². The van der Waals surface area contributed by atoms with E-state index < -0.39 is 9.84 Å². The second-order valence-corrected chi connectivity index (χ2v) is 11.2. The Kier molecular flexibility index (Phi) is 6.67. The molecule has 0 bridgehead atoms. The molecule has 2 aliphatic rings. The van der Waals surface area contributed by atoms with Gasteiger partial charge in [0, 0.05) is 17.0 Å². The Bertz CT molecular complexity index is 1070. The summed E-state index contributed by atoms with van der Waals surface area (Å²) in [4.78, 5) is 19.0. The number of carbonyl (C=O) groups is 1. The Labute approximate surface area is 187 Å². The van der Waals surface area contributed by atoms with Crippen LogP contribution in [0.3, 0.4) is 0 Å². The van der Waals surface area contributed by atoms with Crippen molar-refractivity contribution in [3.63, 3.8) is 0 Å². The fourth-order valence-electron chi connectivity index (χ4n) is 3.84. The van der Waals surface area contributed by atoms with Crippen molar-refractivity contribution in [3.05, 3.63) is 60.2 Å². The number of fused-ring (bicyclic) bond motifs is 1. The van der Waals surface area contributed by atoms with Gasteiger partial charge in [-0.3, -0.25) is 4.79 Å². The summed E-state index contributed by atoms with van der Waals surface area (Å²) in [6.45, 7) is 2.74. The predicted octanol–water partition coefficient (Wildman–Crippen LogP) is 3.71. The lowest BCUT2D eigenvalue weighted by molar-refractivity contribution is -0.117. The molecule has 2 saturated heterocycles. The molecule has 31 heavy (non-hydrogen) atoms. The van der Waals surface area contributed by atoms with Crippen LogP contribution in [0.1, 0.15) is 25.3 Å². The number of aliphatic imine (C=N–C) groups is 1. The fraction of sp³-hybridized carbons (Fsp3) is 0.391. The molecule has 6 nitrogen and oxygen atoms in total. The highest BCUT2D eigenvalue weighted by Gasteiger charge is 2.49. The monoisotopic (exact) mass is 458 g/mol. The lowest BCUT2D eigenvalue weighted by Crippen LogP contribution is -2.37. The Balaban J connectivity index is 1.61. The number of anilines is 1. The van der Waals surface area contributed by atoms with Crippen LogP contribution in [0.5, 0.6) is 5.75 Å². The van der Waals surface area contributed by atoms with Crippen molar-refractivity contribution in [1.82, 2.24) is 0 Å². The van der Waals surface area contributed by atoms with Crippen molar-refractivity contribution in [2.24, 2.45) is 4.99 Å². The van der Waals surface area contributed by atoms with Crippen LogP contribution < -0.4 is 9.64 Å². The zero-order chi connectivity index (χ0) is 21.8. The molecule has 2 atom stereocenters. The molecule has 0 N–H and O–H groups in total. The molecule has 2 aliphatic heterocycles. The highest BCUT2D eigenvalue weighted by atomic mass is 32.2. The van der Waals surface area contributed by atoms with Crippen molar-refractivity contribution in [2.75, 3.05) is 23.0 Å². The number of thioether (sulfide) groups is 1. The topological polar surface area (TPSA) is 76.0 Å². The molecule has 2 fully saturated rings. The fourth-order valence-corrected chi connectivity index (χ4v) is 7.77. The summed E-state index contributed by atoms with van der Waals surface area (Å²) < 4.78 is 30.4. The third kappa shape index (κ3) is 5.30. The van der Waals surface area contributed by atoms with E-state index in [1.807, 2.05) is 59.5 Å². The number of carbonyl (C=O) groups excluding carboxylic acids is 1. The summed E-state index contributed by atoms with van der Waals surface area (Å²) >= 11 is 1.39. The quantitative estimate of drug-likeness (QED) is 0.589. The number of benzene rings is 2. The minimum atomic E-state index is -3.11. The number of ether oxygens (including phenoxy) is 1. The molecule has 1 amide bonds. The van der Waals surface area contributed by atoms with Crippen molar-refractivity contribution in [1.29, 1.82) is 0 Å². The van der Waals surface area contributed by atoms with Crippen LogP contribution in [0.25, 0.3) is 0 Å². The predicted molar refractivity (Wildman–Crippen MR) is 126 cm³/mol. The number of hydrogen-bond donors (Lipinski definition) is 0. The van der Waals surface area contributed by atoms with Crippen LogP contribution in [0.15, 0.2) is 59.6 Å². The smallest absolute Gasteiger partial charge is 0.252 e. The van der Waals surface area contributed by atoms with E-state index in [1.165, 1.54) is 11.8 Å². The van der Waals surface area contributed by atoms with Gasteiger partial charge in [-0.25, -0.2) is 8.42 Å². The standard InChI is InChI=1S/C23H26N2O4S2/c1-2-3-12-29-19-11-7-10-18(14-19)25-20-15-31(27,28)16-21(20)30-23(25)24-22(26)13-17-8-5-4-6-9-17/h4-11,14,20-21H,2-3,12-13,15-16H2,1H3/t20-,21+/m0/s1. The largest absolute Gasteiger partial charge is 0.494 e. The molecule has 0 radical (unpaired) electrons. The third-order valence-corrected chi connectivity index (χ3v) is 8.56. The van der Waals surface area contributed by atoms with E-state index in [0.29, 0.717) is 11.8 Å². The molecule has 0 unspecified atom stereocenters. The normalized spacial score (nSPS) is 23.1. The maximum atomic E-state index is 12.7. The van der Waals surface area contributed by atoms with Crippen LogP contribution in [-0.4, -0.2) is 48.9 Å². The highest BCUT2D eigenvalue weighted by Crippen LogP contribution is 2.41. The molecular weight excluding hydrogens is 432 g/mol. The molecule has 2 aromatic rings. The van der Waals surface area contributed by atoms with Gasteiger partial charge in [0.05, 0.1) is 30.6 Å². The van der Waals surface area contributed by atoms with E-state index in [2.05, 4.69) is 11.9 Å². The first-order valence-corrected chi connectivity index (χ1v) is 13.2. The summed E-state index contributed by atoms with van der Waals surface area (Å²) in [5.74, 6) is 0.668. The molecule has 0 aromatic heterocycles. The SMILES string of the molecule is CCCCOc1cccc(N2C(=NC(=O)Cc3ccccc3)S[C@@H]3CS(=O)(=O)C[C@@H]32)c1. The van der Waals surface area contributed by atoms with Gasteiger partial charge in [-0.15, -0.1) is 0 Å². The Hall–Kier alpha value is -2.32. The molecule has 0 aliphatic carbocycles. The molecule has 4 rings (SSSR count). The number of sulfone groups is 1. The number of amidine groups is 1. The molecule has 0 spiro atoms. The van der Waals surface area contributed by atoms with Crippen molar-refractivity contribution >= 4 is 38.4 Å². The molecule has 8 heteroatoms. The molecule has 0 saturated carbocycles. The summed E-state index contributed by atoms with van der Waals surface area (Å²) in [6, 6.07) is 16.9. The average Bonchev–Trinajstić information content (AvgIpc) is 3.19. The lowest BCUT2D eigenvalue weighted by atomic mass is 10.1. The van der Waals surface area contributed by atoms with E-state index >= 15 is 0 Å². The summed E-state index contributed by atoms with van der Waals surface area (Å²) in [6.07, 6.45) is 2.23. The number of amides is 1. The Morgan fingerprint density at radius 1 is 1.16 bits per heavy atom. The summed E-state index contributed by atoms with van der Waals surface area (Å²) in [5.41, 5.74) is 1.71. The van der Waals surface area contributed by atoms with Gasteiger partial charge >= 0.3 is 0 Å². The van der Waals surface area contributed by atoms with E-state index in [4.69, 9.17) is 4.74 Å². The zero-order valence-corrected chi connectivity index (χ0v) is 19.1. The van der Waals surface area contributed by atoms with Crippen molar-refractivity contribution in [3.8, 4) is 5.75 Å². The molecule has 2 heterocycles. The van der Waals surface area contributed by atoms with Gasteiger partial charge in [-0.2, -0.15) is 4.99 Å². The van der Waals surface area contributed by atoms with Gasteiger partial charge in [0.15, 0.2) is 15.0 Å². The molecule has 2 aromatic carbocycles. The minimum Gasteiger partial charge on any atom is -0.494 e. The first-order chi connectivity index (χ1) is 14.9. The Morgan fingerprint density at radius 3 is 2.74 bits per heavy atom. The van der Waals surface area contributed by atoms with Crippen molar-refractivity contribution in [2.45, 2.75) is 37.5 Å². The van der Waals surface area contributed by atoms with E-state index in [9.17, 15) is 13.2 Å². The van der Waals surface area contributed by atoms with Gasteiger partial charge in [-0.05, 0) is 24.1 Å². The van der Waals surface area contributed by atoms with Gasteiger partial charge in [0.25, 0.3) is 5.91 Å². The van der Waals surface area contributed by atoms with Crippen LogP contribution in [0.2, 0.25) is 0 Å². The number of rotatable bonds is 7. The Morgan fingerprint density at radius 2 is 1.97 bits per heavy atom. The van der Waals surface area contributed by atoms with E-state index in [1.54, 1.807) is 0 Å². The average molecular weight is 459 g/mol. The lowest BCUT2D eigenvalue weighted by Gasteiger charge is -2.25. The van der Waals surface area contributed by atoms with Crippen molar-refractivity contribution < 1.29 is 17.9 Å². The molecule has 164 valence electrons. The summed E-state index contributed by atoms with van der Waals surface area (Å²) in [5, 5.41) is 0.439. The second-order valence-electron chi connectivity index (χ2n) is 7.82. The van der Waals surface area contributed by atoms with Crippen LogP contribution in [0.4, 0.5) is 5.69 Å². The second kappa shape index (κ2) is 9.44. The van der Waals surface area contributed by atoms with E-state index in [-0.39, 0.29) is 35.1 Å². The van der Waals surface area contributed by atoms with Gasteiger partial charge in [0.1, 0.15) is 5.75 Å². The summed E-state index contributed by atoms with van der Waals surface area (Å²) in [7, 11) is -3.11.